The van der Waals surface area contributed by atoms with E-state index in [9.17, 15) is 4.79 Å². The van der Waals surface area contributed by atoms with Gasteiger partial charge in [0.25, 0.3) is 5.91 Å². The first-order chi connectivity index (χ1) is 11.9. The maximum absolute atomic E-state index is 12.4. The van der Waals surface area contributed by atoms with Crippen LogP contribution in [0.25, 0.3) is 0 Å². The number of amides is 1. The Hall–Kier alpha value is -2.54. The maximum atomic E-state index is 12.4. The minimum Gasteiger partial charge on any atom is -0.486 e. The lowest BCUT2D eigenvalue weighted by atomic mass is 10.3. The summed E-state index contributed by atoms with van der Waals surface area (Å²) < 4.78 is 13.9. The normalized spacial score (nSPS) is 10.7. The zero-order chi connectivity index (χ0) is 18.0. The van der Waals surface area contributed by atoms with E-state index in [2.05, 4.69) is 26.3 Å². The Balaban J connectivity index is 1.64. The Morgan fingerprint density at radius 1 is 1.24 bits per heavy atom. The molecule has 0 atom stereocenters. The number of anilines is 1. The van der Waals surface area contributed by atoms with Crippen LogP contribution in [-0.4, -0.2) is 15.7 Å². The van der Waals surface area contributed by atoms with Crippen LogP contribution in [0.3, 0.4) is 0 Å². The van der Waals surface area contributed by atoms with E-state index in [0.717, 1.165) is 21.6 Å². The molecule has 130 valence electrons. The minimum atomic E-state index is -0.311. The fourth-order valence-electron chi connectivity index (χ4n) is 2.39. The fraction of sp³-hybridized carbons (Fsp3) is 0.222. The third-order valence-corrected chi connectivity index (χ3v) is 4.36. The van der Waals surface area contributed by atoms with Gasteiger partial charge in [0.15, 0.2) is 5.76 Å². The molecule has 0 unspecified atom stereocenters. The first-order valence-electron chi connectivity index (χ1n) is 7.72. The van der Waals surface area contributed by atoms with Crippen LogP contribution in [-0.2, 0) is 13.7 Å². The van der Waals surface area contributed by atoms with Crippen LogP contribution in [0.15, 0.2) is 45.3 Å². The Bertz CT molecular complexity index is 897. The van der Waals surface area contributed by atoms with Crippen molar-refractivity contribution in [3.05, 3.63) is 63.8 Å². The van der Waals surface area contributed by atoms with Crippen molar-refractivity contribution in [3.63, 3.8) is 0 Å². The number of nitrogens with zero attached hydrogens (tertiary/aromatic N) is 2. The number of benzene rings is 1. The van der Waals surface area contributed by atoms with Crippen LogP contribution < -0.4 is 10.1 Å². The third kappa shape index (κ3) is 3.93. The summed E-state index contributed by atoms with van der Waals surface area (Å²) in [5.41, 5.74) is 2.35. The summed E-state index contributed by atoms with van der Waals surface area (Å²) in [6, 6.07) is 10.9. The second kappa shape index (κ2) is 7.14. The van der Waals surface area contributed by atoms with Crippen molar-refractivity contribution in [1.29, 1.82) is 0 Å². The molecular weight excluding hydrogens is 386 g/mol. The number of aryl methyl sites for hydroxylation is 2. The molecular formula is C18H18BrN3O3. The number of hydrogen-bond acceptors (Lipinski definition) is 4. The molecule has 3 rings (SSSR count). The highest BCUT2D eigenvalue weighted by Crippen LogP contribution is 2.21. The lowest BCUT2D eigenvalue weighted by molar-refractivity contribution is 0.0992. The molecule has 2 heterocycles. The molecule has 0 spiro atoms. The molecule has 1 amide bonds. The first kappa shape index (κ1) is 17.3. The monoisotopic (exact) mass is 403 g/mol. The average Bonchev–Trinajstić information content (AvgIpc) is 3.15. The summed E-state index contributed by atoms with van der Waals surface area (Å²) in [7, 11) is 1.84. The van der Waals surface area contributed by atoms with Crippen molar-refractivity contribution in [2.45, 2.75) is 20.5 Å². The Labute approximate surface area is 153 Å². The lowest BCUT2D eigenvalue weighted by Gasteiger charge is -2.05. The molecule has 1 N–H and O–H groups in total. The van der Waals surface area contributed by atoms with Gasteiger partial charge >= 0.3 is 0 Å². The molecule has 3 aromatic rings. The number of furan rings is 1. The van der Waals surface area contributed by atoms with Crippen molar-refractivity contribution >= 4 is 27.5 Å². The van der Waals surface area contributed by atoms with Crippen LogP contribution in [0.1, 0.15) is 27.7 Å². The average molecular weight is 404 g/mol. The van der Waals surface area contributed by atoms with E-state index in [0.29, 0.717) is 11.4 Å². The van der Waals surface area contributed by atoms with Crippen LogP contribution in [0, 0.1) is 13.8 Å². The van der Waals surface area contributed by atoms with Gasteiger partial charge in [-0.25, -0.2) is 0 Å². The predicted octanol–water partition coefficient (Wildman–Crippen LogP) is 4.22. The summed E-state index contributed by atoms with van der Waals surface area (Å²) in [6.45, 7) is 4.00. The van der Waals surface area contributed by atoms with Gasteiger partial charge < -0.3 is 14.5 Å². The van der Waals surface area contributed by atoms with E-state index in [1.807, 2.05) is 45.2 Å². The smallest absolute Gasteiger partial charge is 0.291 e. The molecule has 6 nitrogen and oxygen atoms in total. The quantitative estimate of drug-likeness (QED) is 0.691. The number of nitrogens with one attached hydrogen (secondary N) is 1. The molecule has 0 saturated carbocycles. The molecule has 0 bridgehead atoms. The first-order valence-corrected chi connectivity index (χ1v) is 8.52. The largest absolute Gasteiger partial charge is 0.486 e. The van der Waals surface area contributed by atoms with E-state index in [-0.39, 0.29) is 18.3 Å². The van der Waals surface area contributed by atoms with Crippen LogP contribution in [0.2, 0.25) is 0 Å². The van der Waals surface area contributed by atoms with Crippen molar-refractivity contribution in [1.82, 2.24) is 9.78 Å². The van der Waals surface area contributed by atoms with Crippen molar-refractivity contribution < 1.29 is 13.9 Å². The number of carbonyl (C=O) groups excluding carboxylic acids is 1. The molecule has 0 radical (unpaired) electrons. The van der Waals surface area contributed by atoms with E-state index in [4.69, 9.17) is 9.15 Å². The van der Waals surface area contributed by atoms with E-state index in [1.165, 1.54) is 0 Å². The van der Waals surface area contributed by atoms with Crippen molar-refractivity contribution in [3.8, 4) is 5.75 Å². The van der Waals surface area contributed by atoms with Gasteiger partial charge in [-0.05, 0) is 50.2 Å². The summed E-state index contributed by atoms with van der Waals surface area (Å²) in [5.74, 6) is 1.23. The summed E-state index contributed by atoms with van der Waals surface area (Å²) in [6.07, 6.45) is 0. The highest BCUT2D eigenvalue weighted by Gasteiger charge is 2.16. The minimum absolute atomic E-state index is 0.233. The van der Waals surface area contributed by atoms with E-state index < -0.39 is 0 Å². The number of hydrogen-bond donors (Lipinski definition) is 1. The topological polar surface area (TPSA) is 69.3 Å². The molecule has 7 heteroatoms. The zero-order valence-corrected chi connectivity index (χ0v) is 15.8. The number of rotatable bonds is 5. The van der Waals surface area contributed by atoms with Gasteiger partial charge in [0.2, 0.25) is 0 Å². The maximum Gasteiger partial charge on any atom is 0.291 e. The van der Waals surface area contributed by atoms with Crippen molar-refractivity contribution in [2.24, 2.45) is 7.05 Å². The Morgan fingerprint density at radius 2 is 1.96 bits per heavy atom. The molecule has 0 saturated heterocycles. The van der Waals surface area contributed by atoms with Gasteiger partial charge in [0, 0.05) is 11.5 Å². The van der Waals surface area contributed by atoms with Crippen molar-refractivity contribution in [2.75, 3.05) is 5.32 Å². The SMILES string of the molecule is Cc1nn(C)c(C)c1NC(=O)c1ccc(COc2ccc(Br)cc2)o1. The highest BCUT2D eigenvalue weighted by atomic mass is 79.9. The summed E-state index contributed by atoms with van der Waals surface area (Å²) >= 11 is 3.37. The van der Waals surface area contributed by atoms with Crippen LogP contribution >= 0.6 is 15.9 Å². The molecule has 1 aromatic carbocycles. The molecule has 0 aliphatic rings. The Morgan fingerprint density at radius 3 is 2.60 bits per heavy atom. The second-order valence-electron chi connectivity index (χ2n) is 5.63. The molecule has 0 aliphatic heterocycles. The van der Waals surface area contributed by atoms with Gasteiger partial charge in [-0.3, -0.25) is 9.48 Å². The third-order valence-electron chi connectivity index (χ3n) is 3.83. The fourth-order valence-corrected chi connectivity index (χ4v) is 2.66. The standard InChI is InChI=1S/C18H18BrN3O3/c1-11-17(12(2)22(3)21-11)20-18(23)16-9-8-15(25-16)10-24-14-6-4-13(19)5-7-14/h4-9H,10H2,1-3H3,(H,20,23). The summed E-state index contributed by atoms with van der Waals surface area (Å²) in [4.78, 5) is 12.4. The summed E-state index contributed by atoms with van der Waals surface area (Å²) in [5, 5.41) is 7.13. The second-order valence-corrected chi connectivity index (χ2v) is 6.55. The molecule has 2 aromatic heterocycles. The van der Waals surface area contributed by atoms with Gasteiger partial charge in [0.1, 0.15) is 18.1 Å². The molecule has 0 fully saturated rings. The van der Waals surface area contributed by atoms with Crippen LogP contribution in [0.5, 0.6) is 5.75 Å². The van der Waals surface area contributed by atoms with E-state index in [1.54, 1.807) is 16.8 Å². The van der Waals surface area contributed by atoms with Crippen LogP contribution in [0.4, 0.5) is 5.69 Å². The highest BCUT2D eigenvalue weighted by molar-refractivity contribution is 9.10. The Kier molecular flexibility index (Phi) is 4.94. The van der Waals surface area contributed by atoms with Gasteiger partial charge in [-0.2, -0.15) is 5.10 Å². The molecule has 25 heavy (non-hydrogen) atoms. The lowest BCUT2D eigenvalue weighted by Crippen LogP contribution is -2.12. The zero-order valence-electron chi connectivity index (χ0n) is 14.2. The van der Waals surface area contributed by atoms with Gasteiger partial charge in [-0.1, -0.05) is 15.9 Å². The number of carbonyl (C=O) groups is 1. The number of aromatic nitrogens is 2. The number of halogens is 1. The van der Waals surface area contributed by atoms with Gasteiger partial charge in [-0.15, -0.1) is 0 Å². The number of ether oxygens (including phenoxy) is 1. The molecule has 0 aliphatic carbocycles. The predicted molar refractivity (Wildman–Crippen MR) is 97.8 cm³/mol. The van der Waals surface area contributed by atoms with E-state index >= 15 is 0 Å². The van der Waals surface area contributed by atoms with Gasteiger partial charge in [0.05, 0.1) is 17.1 Å².